The number of nitrogen functional groups attached to an aromatic ring is 1. The van der Waals surface area contributed by atoms with E-state index in [9.17, 15) is 4.79 Å². The minimum Gasteiger partial charge on any atom is -0.474 e. The summed E-state index contributed by atoms with van der Waals surface area (Å²) in [5.41, 5.74) is 8.57. The summed E-state index contributed by atoms with van der Waals surface area (Å²) in [4.78, 5) is 20.8. The van der Waals surface area contributed by atoms with Crippen LogP contribution in [0.25, 0.3) is 21.9 Å². The summed E-state index contributed by atoms with van der Waals surface area (Å²) >= 11 is 0. The highest BCUT2D eigenvalue weighted by Gasteiger charge is 2.57. The lowest BCUT2D eigenvalue weighted by Crippen LogP contribution is -2.20. The molecule has 1 saturated carbocycles. The highest BCUT2D eigenvalue weighted by Crippen LogP contribution is 2.46. The number of aromatic nitrogens is 2. The van der Waals surface area contributed by atoms with Crippen molar-refractivity contribution in [1.29, 1.82) is 0 Å². The number of carbonyl (C=O) groups is 1. The number of hydrogen-bond acceptors (Lipinski definition) is 8. The van der Waals surface area contributed by atoms with Crippen LogP contribution in [-0.2, 0) is 9.47 Å². The molecule has 10 heteroatoms. The van der Waals surface area contributed by atoms with Crippen LogP contribution in [-0.4, -0.2) is 48.5 Å². The van der Waals surface area contributed by atoms with Crippen LogP contribution in [0.2, 0.25) is 0 Å². The number of fused-ring (bicyclic) bond motifs is 3. The number of ether oxygens (including phenoxy) is 3. The fraction of sp³-hybridized carbons (Fsp3) is 0.348. The molecule has 3 aliphatic rings. The van der Waals surface area contributed by atoms with Crippen molar-refractivity contribution in [2.45, 2.75) is 13.0 Å². The van der Waals surface area contributed by atoms with Crippen molar-refractivity contribution in [3.8, 4) is 17.0 Å². The number of anilines is 3. The Balaban J connectivity index is 1.32. The summed E-state index contributed by atoms with van der Waals surface area (Å²) in [5.74, 6) is 0.825. The summed E-state index contributed by atoms with van der Waals surface area (Å²) in [6.07, 6.45) is 2.35. The fourth-order valence-electron chi connectivity index (χ4n) is 4.67. The summed E-state index contributed by atoms with van der Waals surface area (Å²) in [7, 11) is 0. The Morgan fingerprint density at radius 3 is 2.88 bits per heavy atom. The first-order valence-electron chi connectivity index (χ1n) is 10.8. The van der Waals surface area contributed by atoms with Crippen molar-refractivity contribution >= 4 is 34.1 Å². The maximum Gasteiger partial charge on any atom is 0.413 e. The van der Waals surface area contributed by atoms with Crippen molar-refractivity contribution in [1.82, 2.24) is 9.97 Å². The molecule has 4 heterocycles. The van der Waals surface area contributed by atoms with Crippen LogP contribution in [0.4, 0.5) is 26.4 Å². The molecular formula is C23H22FN5O4. The van der Waals surface area contributed by atoms with Gasteiger partial charge < -0.3 is 25.3 Å². The number of nitrogens with one attached hydrogen (secondary N) is 2. The van der Waals surface area contributed by atoms with Crippen LogP contribution in [0.3, 0.4) is 0 Å². The molecule has 2 aliphatic heterocycles. The van der Waals surface area contributed by atoms with Gasteiger partial charge in [0, 0.05) is 47.3 Å². The van der Waals surface area contributed by atoms with Crippen molar-refractivity contribution in [3.63, 3.8) is 0 Å². The molecule has 9 nitrogen and oxygen atoms in total. The first-order valence-corrected chi connectivity index (χ1v) is 10.8. The van der Waals surface area contributed by atoms with Gasteiger partial charge in [-0.2, -0.15) is 0 Å². The van der Waals surface area contributed by atoms with E-state index in [1.807, 2.05) is 6.92 Å². The van der Waals surface area contributed by atoms with E-state index in [1.54, 1.807) is 18.3 Å². The lowest BCUT2D eigenvalue weighted by molar-refractivity contribution is 0.0900. The molecule has 33 heavy (non-hydrogen) atoms. The highest BCUT2D eigenvalue weighted by molar-refractivity contribution is 5.99. The topological polar surface area (TPSA) is 121 Å². The third-order valence-electron chi connectivity index (χ3n) is 6.58. The monoisotopic (exact) mass is 451 g/mol. The van der Waals surface area contributed by atoms with Crippen LogP contribution in [0.15, 0.2) is 24.5 Å². The number of rotatable bonds is 3. The Morgan fingerprint density at radius 2 is 2.06 bits per heavy atom. The van der Waals surface area contributed by atoms with E-state index in [4.69, 9.17) is 19.9 Å². The SMILES string of the molecule is Cc1c(-c2cc3cc(NC(=O)OC4[C@@H]5COC[C@@H]45)ncc3c(N)c2F)cnc2c1NCCO2. The van der Waals surface area contributed by atoms with Gasteiger partial charge in [-0.3, -0.25) is 5.32 Å². The van der Waals surface area contributed by atoms with Crippen molar-refractivity contribution in [3.05, 3.63) is 35.9 Å². The fourth-order valence-corrected chi connectivity index (χ4v) is 4.67. The third-order valence-corrected chi connectivity index (χ3v) is 6.58. The molecule has 1 amide bonds. The lowest BCUT2D eigenvalue weighted by Gasteiger charge is -2.22. The molecule has 0 spiro atoms. The van der Waals surface area contributed by atoms with Gasteiger partial charge in [-0.25, -0.2) is 19.2 Å². The van der Waals surface area contributed by atoms with Gasteiger partial charge >= 0.3 is 6.09 Å². The van der Waals surface area contributed by atoms with Gasteiger partial charge in [-0.1, -0.05) is 0 Å². The van der Waals surface area contributed by atoms with Crippen LogP contribution in [0.5, 0.6) is 5.88 Å². The predicted molar refractivity (Wildman–Crippen MR) is 120 cm³/mol. The number of halogens is 1. The zero-order valence-electron chi connectivity index (χ0n) is 17.9. The van der Waals surface area contributed by atoms with Crippen molar-refractivity contribution in [2.75, 3.05) is 42.7 Å². The van der Waals surface area contributed by atoms with E-state index in [2.05, 4.69) is 20.6 Å². The number of amides is 1. The Morgan fingerprint density at radius 1 is 1.24 bits per heavy atom. The highest BCUT2D eigenvalue weighted by atomic mass is 19.1. The normalized spacial score (nSPS) is 22.7. The molecule has 3 aromatic rings. The predicted octanol–water partition coefficient (Wildman–Crippen LogP) is 3.32. The average Bonchev–Trinajstić information content (AvgIpc) is 3.22. The van der Waals surface area contributed by atoms with Crippen LogP contribution in [0, 0.1) is 24.6 Å². The van der Waals surface area contributed by atoms with Crippen molar-refractivity contribution < 1.29 is 23.4 Å². The quantitative estimate of drug-likeness (QED) is 0.519. The Labute approximate surface area is 188 Å². The summed E-state index contributed by atoms with van der Waals surface area (Å²) in [6.45, 7) is 4.31. The van der Waals surface area contributed by atoms with E-state index < -0.39 is 11.9 Å². The first-order chi connectivity index (χ1) is 16.0. The van der Waals surface area contributed by atoms with Gasteiger partial charge in [-0.15, -0.1) is 0 Å². The van der Waals surface area contributed by atoms with Gasteiger partial charge in [0.15, 0.2) is 5.82 Å². The Hall–Kier alpha value is -3.66. The number of nitrogens with zero attached hydrogens (tertiary/aromatic N) is 2. The first kappa shape index (κ1) is 20.0. The molecule has 0 radical (unpaired) electrons. The Kier molecular flexibility index (Phi) is 4.51. The number of nitrogens with two attached hydrogens (primary N) is 1. The summed E-state index contributed by atoms with van der Waals surface area (Å²) in [6, 6.07) is 3.33. The zero-order valence-corrected chi connectivity index (χ0v) is 17.9. The Bertz CT molecular complexity index is 1290. The lowest BCUT2D eigenvalue weighted by atomic mass is 9.97. The second-order valence-corrected chi connectivity index (χ2v) is 8.55. The number of benzene rings is 1. The largest absolute Gasteiger partial charge is 0.474 e. The van der Waals surface area contributed by atoms with Gasteiger partial charge in [-0.05, 0) is 30.0 Å². The second kappa shape index (κ2) is 7.45. The number of pyridine rings is 2. The average molecular weight is 451 g/mol. The van der Waals surface area contributed by atoms with Crippen LogP contribution >= 0.6 is 0 Å². The van der Waals surface area contributed by atoms with Gasteiger partial charge in [0.1, 0.15) is 24.2 Å². The third kappa shape index (κ3) is 3.29. The second-order valence-electron chi connectivity index (χ2n) is 8.55. The maximum absolute atomic E-state index is 15.3. The van der Waals surface area contributed by atoms with E-state index in [-0.39, 0.29) is 11.8 Å². The van der Waals surface area contributed by atoms with Gasteiger partial charge in [0.25, 0.3) is 0 Å². The molecule has 1 aromatic carbocycles. The van der Waals surface area contributed by atoms with E-state index in [0.29, 0.717) is 71.8 Å². The van der Waals surface area contributed by atoms with E-state index in [0.717, 1.165) is 11.3 Å². The smallest absolute Gasteiger partial charge is 0.413 e. The van der Waals surface area contributed by atoms with E-state index in [1.165, 1.54) is 6.20 Å². The maximum atomic E-state index is 15.3. The molecular weight excluding hydrogens is 429 g/mol. The molecule has 1 aliphatic carbocycles. The minimum absolute atomic E-state index is 0.0173. The van der Waals surface area contributed by atoms with E-state index >= 15 is 4.39 Å². The van der Waals surface area contributed by atoms with Gasteiger partial charge in [0.05, 0.1) is 18.9 Å². The molecule has 6 rings (SSSR count). The number of hydrogen-bond donors (Lipinski definition) is 3. The summed E-state index contributed by atoms with van der Waals surface area (Å²) in [5, 5.41) is 7.00. The molecule has 0 unspecified atom stereocenters. The van der Waals surface area contributed by atoms with Crippen LogP contribution < -0.4 is 21.1 Å². The molecule has 2 fully saturated rings. The molecule has 170 valence electrons. The zero-order chi connectivity index (χ0) is 22.7. The number of carbonyl (C=O) groups excluding carboxylic acids is 1. The minimum atomic E-state index is -0.572. The molecule has 2 atom stereocenters. The molecule has 4 N–H and O–H groups in total. The molecule has 1 saturated heterocycles. The molecule has 0 bridgehead atoms. The van der Waals surface area contributed by atoms with Crippen LogP contribution in [0.1, 0.15) is 5.56 Å². The van der Waals surface area contributed by atoms with Crippen molar-refractivity contribution in [2.24, 2.45) is 11.8 Å². The summed E-state index contributed by atoms with van der Waals surface area (Å²) < 4.78 is 31.6. The molecule has 2 aromatic heterocycles. The van der Waals surface area contributed by atoms with Gasteiger partial charge in [0.2, 0.25) is 5.88 Å². The standard InChI is InChI=1S/C23H22FN5O4/c1-10-13(6-28-22-20(10)26-2-3-32-22)12-4-11-5-17(27-7-14(11)19(25)18(12)24)29-23(30)33-21-15-8-31-9-16(15)21/h4-7,15-16,21,26H,2-3,8-9,25H2,1H3,(H,27,29,30)/t15-,16-/m1/s1.